The molecule has 6 unspecified atom stereocenters. The molecule has 0 bridgehead atoms. The Balaban J connectivity index is 5.77. The molecule has 0 aliphatic heterocycles. The number of nitrogens with zero attached hydrogens (tertiary/aromatic N) is 1. The van der Waals surface area contributed by atoms with Crippen molar-refractivity contribution in [3.63, 3.8) is 0 Å². The fourth-order valence-corrected chi connectivity index (χ4v) is 7.79. The molecule has 414 valence electrons. The van der Waals surface area contributed by atoms with Crippen LogP contribution in [0.5, 0.6) is 0 Å². The Kier molecular flexibility index (Phi) is 41.5. The Morgan fingerprint density at radius 3 is 0.901 bits per heavy atom. The van der Waals surface area contributed by atoms with Crippen LogP contribution in [0.4, 0.5) is 0 Å². The summed E-state index contributed by atoms with van der Waals surface area (Å²) < 4.78 is 39.6. The van der Waals surface area contributed by atoms with E-state index in [2.05, 4.69) is 27.7 Å². The zero-order valence-electron chi connectivity index (χ0n) is 46.3. The van der Waals surface area contributed by atoms with Crippen LogP contribution in [0.2, 0.25) is 0 Å². The van der Waals surface area contributed by atoms with Gasteiger partial charge in [-0.15, -0.1) is 0 Å². The number of carbonyl (C=O) groups is 7. The molecule has 15 nitrogen and oxygen atoms in total. The molecule has 0 aliphatic rings. The topological polar surface area (TPSA) is 187 Å². The summed E-state index contributed by atoms with van der Waals surface area (Å²) in [4.78, 5) is 93.0. The van der Waals surface area contributed by atoms with Crippen molar-refractivity contribution >= 4 is 41.8 Å². The van der Waals surface area contributed by atoms with Gasteiger partial charge < -0.3 is 38.1 Å². The lowest BCUT2D eigenvalue weighted by molar-refractivity contribution is -0.169. The minimum atomic E-state index is -1.00. The summed E-state index contributed by atoms with van der Waals surface area (Å²) in [7, 11) is 3.84. The molecule has 6 atom stereocenters. The second-order valence-corrected chi connectivity index (χ2v) is 20.2. The number of esters is 7. The number of hydrogen-bond donors (Lipinski definition) is 0. The third-order valence-corrected chi connectivity index (χ3v) is 12.7. The van der Waals surface area contributed by atoms with Gasteiger partial charge in [0, 0.05) is 19.3 Å². The predicted molar refractivity (Wildman–Crippen MR) is 276 cm³/mol. The maximum Gasteiger partial charge on any atom is 0.308 e. The van der Waals surface area contributed by atoms with Crippen LogP contribution in [0.25, 0.3) is 0 Å². The Morgan fingerprint density at radius 2 is 0.606 bits per heavy atom. The van der Waals surface area contributed by atoms with Crippen LogP contribution < -0.4 is 0 Å². The van der Waals surface area contributed by atoms with Gasteiger partial charge in [0.1, 0.15) is 32.5 Å². The largest absolute Gasteiger partial charge is 0.462 e. The number of rotatable bonds is 46. The van der Waals surface area contributed by atoms with E-state index < -0.39 is 60.1 Å². The second-order valence-electron chi connectivity index (χ2n) is 20.2. The molecular weight excluding hydrogens is 911 g/mol. The molecule has 0 aromatic carbocycles. The van der Waals surface area contributed by atoms with E-state index in [9.17, 15) is 33.6 Å². The van der Waals surface area contributed by atoms with E-state index in [-0.39, 0.29) is 82.2 Å². The van der Waals surface area contributed by atoms with Crippen LogP contribution >= 0.6 is 0 Å². The second kappa shape index (κ2) is 43.8. The standard InChI is InChI=1S/C56H101NO14/c1-11-15-19-23-30-44(6)54(62)66-40-48(39-65-53(61)43(5)29-22-18-14-4)70-50(58)35-26-33-47(69-52(60)37-28-38-57(9)10)34-27-36-51(59)71-49(41-67-55(63)45(7)31-24-20-16-12-2)42-68-56(64)46(8)32-25-21-17-13-3/h43-49H,11-42H2,1-10H3. The minimum Gasteiger partial charge on any atom is -0.462 e. The zero-order chi connectivity index (χ0) is 53.2. The summed E-state index contributed by atoms with van der Waals surface area (Å²) in [6, 6.07) is 0. The fraction of sp³-hybridized carbons (Fsp3) is 0.875. The van der Waals surface area contributed by atoms with E-state index in [1.807, 2.05) is 39.8 Å². The summed E-state index contributed by atoms with van der Waals surface area (Å²) in [5, 5.41) is 0. The van der Waals surface area contributed by atoms with Gasteiger partial charge in [-0.25, -0.2) is 0 Å². The first-order valence-electron chi connectivity index (χ1n) is 27.9. The highest BCUT2D eigenvalue weighted by Gasteiger charge is 2.26. The minimum absolute atomic E-state index is 0.0511. The highest BCUT2D eigenvalue weighted by Crippen LogP contribution is 2.19. The van der Waals surface area contributed by atoms with Crippen LogP contribution in [-0.2, 0) is 66.7 Å². The molecule has 0 saturated heterocycles. The van der Waals surface area contributed by atoms with Gasteiger partial charge in [-0.05, 0) is 78.4 Å². The lowest BCUT2D eigenvalue weighted by Gasteiger charge is -2.21. The first-order valence-corrected chi connectivity index (χ1v) is 27.9. The molecule has 0 radical (unpaired) electrons. The van der Waals surface area contributed by atoms with Gasteiger partial charge in [0.15, 0.2) is 12.2 Å². The average molecular weight is 1010 g/mol. The van der Waals surface area contributed by atoms with Gasteiger partial charge in [0.25, 0.3) is 0 Å². The van der Waals surface area contributed by atoms with Crippen LogP contribution in [0, 0.1) is 23.7 Å². The third kappa shape index (κ3) is 37.6. The van der Waals surface area contributed by atoms with Gasteiger partial charge >= 0.3 is 41.8 Å². The smallest absolute Gasteiger partial charge is 0.308 e. The van der Waals surface area contributed by atoms with Crippen LogP contribution in [0.15, 0.2) is 0 Å². The molecule has 0 saturated carbocycles. The van der Waals surface area contributed by atoms with Gasteiger partial charge in [-0.1, -0.05) is 152 Å². The monoisotopic (exact) mass is 1010 g/mol. The Hall–Kier alpha value is -3.75. The molecular formula is C56H101NO14. The Morgan fingerprint density at radius 1 is 0.338 bits per heavy atom. The first-order chi connectivity index (χ1) is 34.0. The molecule has 0 rings (SSSR count). The molecule has 0 aromatic heterocycles. The van der Waals surface area contributed by atoms with Crippen molar-refractivity contribution in [3.8, 4) is 0 Å². The van der Waals surface area contributed by atoms with E-state index in [1.54, 1.807) is 6.92 Å². The maximum absolute atomic E-state index is 13.3. The Bertz CT molecular complexity index is 1400. The van der Waals surface area contributed by atoms with Crippen LogP contribution in [0.1, 0.15) is 229 Å². The summed E-state index contributed by atoms with van der Waals surface area (Å²) in [6.07, 6.45) is 17.2. The maximum atomic E-state index is 13.3. The van der Waals surface area contributed by atoms with Gasteiger partial charge in [0.05, 0.1) is 23.7 Å². The lowest BCUT2D eigenvalue weighted by Crippen LogP contribution is -2.33. The van der Waals surface area contributed by atoms with E-state index in [0.717, 1.165) is 96.3 Å². The summed E-state index contributed by atoms with van der Waals surface area (Å²) >= 11 is 0. The van der Waals surface area contributed by atoms with Crippen molar-refractivity contribution in [3.05, 3.63) is 0 Å². The van der Waals surface area contributed by atoms with Crippen molar-refractivity contribution in [2.24, 2.45) is 23.7 Å². The molecule has 0 fully saturated rings. The molecule has 0 heterocycles. The van der Waals surface area contributed by atoms with E-state index in [4.69, 9.17) is 33.2 Å². The number of hydrogen-bond acceptors (Lipinski definition) is 15. The zero-order valence-corrected chi connectivity index (χ0v) is 46.3. The lowest BCUT2D eigenvalue weighted by atomic mass is 10.0. The van der Waals surface area contributed by atoms with Gasteiger partial charge in [-0.2, -0.15) is 0 Å². The molecule has 15 heteroatoms. The highest BCUT2D eigenvalue weighted by atomic mass is 16.6. The Labute approximate surface area is 429 Å². The number of unbranched alkanes of at least 4 members (excludes halogenated alkanes) is 11. The quantitative estimate of drug-likeness (QED) is 0.0318. The van der Waals surface area contributed by atoms with Crippen molar-refractivity contribution in [1.29, 1.82) is 0 Å². The number of carbonyl (C=O) groups excluding carboxylic acids is 7. The highest BCUT2D eigenvalue weighted by molar-refractivity contribution is 5.74. The van der Waals surface area contributed by atoms with Crippen LogP contribution in [0.3, 0.4) is 0 Å². The van der Waals surface area contributed by atoms with Gasteiger partial charge in [0.2, 0.25) is 0 Å². The van der Waals surface area contributed by atoms with Crippen molar-refractivity contribution in [2.45, 2.75) is 247 Å². The van der Waals surface area contributed by atoms with E-state index in [1.165, 1.54) is 0 Å². The number of ether oxygens (including phenoxy) is 7. The summed E-state index contributed by atoms with van der Waals surface area (Å²) in [5.74, 6) is -4.51. The predicted octanol–water partition coefficient (Wildman–Crippen LogP) is 11.6. The molecule has 0 N–H and O–H groups in total. The molecule has 71 heavy (non-hydrogen) atoms. The fourth-order valence-electron chi connectivity index (χ4n) is 7.79. The van der Waals surface area contributed by atoms with Crippen molar-refractivity contribution in [2.75, 3.05) is 47.1 Å². The molecule has 0 aliphatic carbocycles. The summed E-state index contributed by atoms with van der Waals surface area (Å²) in [5.41, 5.74) is 0. The van der Waals surface area contributed by atoms with Crippen molar-refractivity contribution in [1.82, 2.24) is 4.90 Å². The van der Waals surface area contributed by atoms with E-state index in [0.29, 0.717) is 51.5 Å². The molecule has 0 amide bonds. The molecule has 0 spiro atoms. The first kappa shape index (κ1) is 67.2. The third-order valence-electron chi connectivity index (χ3n) is 12.7. The van der Waals surface area contributed by atoms with E-state index >= 15 is 0 Å². The van der Waals surface area contributed by atoms with Gasteiger partial charge in [-0.3, -0.25) is 33.6 Å². The summed E-state index contributed by atoms with van der Waals surface area (Å²) in [6.45, 7) is 15.4. The molecule has 0 aromatic rings. The average Bonchev–Trinajstić information content (AvgIpc) is 3.33. The normalized spacial score (nSPS) is 14.3. The van der Waals surface area contributed by atoms with Crippen LogP contribution in [-0.4, -0.2) is 112 Å². The van der Waals surface area contributed by atoms with Crippen molar-refractivity contribution < 1.29 is 66.7 Å². The SMILES string of the molecule is CCCCCCC(C)C(=O)OCC(COC(=O)C(C)CCCCC)OC(=O)CCCC(CCCC(=O)OC(COC(=O)C(C)CCCCCC)COC(=O)C(C)CCCCCC)OC(=O)CCCN(C)C.